The Morgan fingerprint density at radius 2 is 1.78 bits per heavy atom. The molecule has 0 fully saturated rings. The Kier molecular flexibility index (Phi) is 5.86. The van der Waals surface area contributed by atoms with Crippen molar-refractivity contribution in [3.05, 3.63) is 59.7 Å². The van der Waals surface area contributed by atoms with Crippen molar-refractivity contribution in [2.75, 3.05) is 6.54 Å². The number of carbonyl (C=O) groups excluding carboxylic acids is 1. The topological polar surface area (TPSA) is 70.6 Å². The van der Waals surface area contributed by atoms with E-state index in [9.17, 15) is 9.90 Å². The second kappa shape index (κ2) is 8.08. The van der Waals surface area contributed by atoms with E-state index < -0.39 is 6.23 Å². The Hall–Kier alpha value is -2.69. The van der Waals surface area contributed by atoms with E-state index in [0.717, 1.165) is 6.42 Å². The minimum Gasteiger partial charge on any atom is -0.508 e. The van der Waals surface area contributed by atoms with Crippen molar-refractivity contribution in [3.8, 4) is 11.5 Å². The van der Waals surface area contributed by atoms with Crippen LogP contribution in [0.3, 0.4) is 0 Å². The fraction of sp³-hybridized carbons (Fsp3) is 0.278. The molecule has 0 aromatic heterocycles. The van der Waals surface area contributed by atoms with Crippen LogP contribution in [0.1, 0.15) is 18.1 Å². The van der Waals surface area contributed by atoms with Crippen molar-refractivity contribution in [3.63, 3.8) is 0 Å². The quantitative estimate of drug-likeness (QED) is 0.718. The van der Waals surface area contributed by atoms with Gasteiger partial charge in [0.1, 0.15) is 11.5 Å². The van der Waals surface area contributed by atoms with Gasteiger partial charge in [0.15, 0.2) is 6.23 Å². The molecule has 122 valence electrons. The highest BCUT2D eigenvalue weighted by Gasteiger charge is 2.08. The van der Waals surface area contributed by atoms with Gasteiger partial charge < -0.3 is 20.5 Å². The van der Waals surface area contributed by atoms with Crippen LogP contribution in [0.2, 0.25) is 0 Å². The molecule has 5 heteroatoms. The number of hydrogen-bond donors (Lipinski definition) is 3. The van der Waals surface area contributed by atoms with Gasteiger partial charge in [-0.1, -0.05) is 29.8 Å². The number of amides is 2. The van der Waals surface area contributed by atoms with Crippen molar-refractivity contribution in [1.29, 1.82) is 0 Å². The maximum atomic E-state index is 11.8. The van der Waals surface area contributed by atoms with E-state index in [4.69, 9.17) is 4.74 Å². The molecule has 0 saturated carbocycles. The van der Waals surface area contributed by atoms with Gasteiger partial charge in [-0.25, -0.2) is 4.79 Å². The van der Waals surface area contributed by atoms with Crippen LogP contribution in [0.15, 0.2) is 48.5 Å². The number of urea groups is 1. The minimum atomic E-state index is -0.473. The molecule has 0 aliphatic rings. The SMILES string of the molecule is Cc1ccc(CCNC(=O)NC(C)Oc2ccc(O)cc2)cc1. The van der Waals surface area contributed by atoms with Crippen molar-refractivity contribution in [1.82, 2.24) is 10.6 Å². The van der Waals surface area contributed by atoms with Crippen LogP contribution in [0.25, 0.3) is 0 Å². The normalized spacial score (nSPS) is 11.6. The summed E-state index contributed by atoms with van der Waals surface area (Å²) in [7, 11) is 0. The lowest BCUT2D eigenvalue weighted by atomic mass is 10.1. The van der Waals surface area contributed by atoms with Crippen LogP contribution in [-0.4, -0.2) is 23.9 Å². The number of phenols is 1. The van der Waals surface area contributed by atoms with Crippen molar-refractivity contribution in [2.24, 2.45) is 0 Å². The highest BCUT2D eigenvalue weighted by Crippen LogP contribution is 2.16. The van der Waals surface area contributed by atoms with Crippen molar-refractivity contribution in [2.45, 2.75) is 26.5 Å². The standard InChI is InChI=1S/C18H22N2O3/c1-13-3-5-15(6-4-13)11-12-19-18(22)20-14(2)23-17-9-7-16(21)8-10-17/h3-10,14,21H,11-12H2,1-2H3,(H2,19,20,22). The Bertz CT molecular complexity index is 624. The van der Waals surface area contributed by atoms with Gasteiger partial charge in [0.2, 0.25) is 0 Å². The first kappa shape index (κ1) is 16.7. The van der Waals surface area contributed by atoms with Crippen molar-refractivity contribution < 1.29 is 14.6 Å². The number of hydrogen-bond acceptors (Lipinski definition) is 3. The Balaban J connectivity index is 1.69. The number of benzene rings is 2. The Labute approximate surface area is 136 Å². The van der Waals surface area contributed by atoms with E-state index in [1.807, 2.05) is 6.92 Å². The predicted octanol–water partition coefficient (Wildman–Crippen LogP) is 2.97. The Morgan fingerprint density at radius 3 is 2.43 bits per heavy atom. The molecule has 0 spiro atoms. The molecular weight excluding hydrogens is 292 g/mol. The van der Waals surface area contributed by atoms with Crippen LogP contribution in [0.4, 0.5) is 4.79 Å². The average Bonchev–Trinajstić information content (AvgIpc) is 2.51. The molecule has 2 aromatic rings. The van der Waals surface area contributed by atoms with Crippen LogP contribution in [-0.2, 0) is 6.42 Å². The van der Waals surface area contributed by atoms with Gasteiger partial charge in [-0.05, 0) is 50.1 Å². The molecule has 3 N–H and O–H groups in total. The number of aryl methyl sites for hydroxylation is 1. The summed E-state index contributed by atoms with van der Waals surface area (Å²) in [5.41, 5.74) is 2.41. The molecule has 0 saturated heterocycles. The van der Waals surface area contributed by atoms with E-state index in [2.05, 4.69) is 34.9 Å². The molecule has 0 aliphatic carbocycles. The number of aromatic hydroxyl groups is 1. The van der Waals surface area contributed by atoms with Gasteiger partial charge >= 0.3 is 6.03 Å². The zero-order chi connectivity index (χ0) is 16.7. The van der Waals surface area contributed by atoms with Gasteiger partial charge in [-0.15, -0.1) is 0 Å². The summed E-state index contributed by atoms with van der Waals surface area (Å²) in [5, 5.41) is 14.7. The molecule has 0 heterocycles. The number of ether oxygens (including phenoxy) is 1. The molecule has 1 unspecified atom stereocenters. The van der Waals surface area contributed by atoms with Crippen LogP contribution in [0.5, 0.6) is 11.5 Å². The number of carbonyl (C=O) groups is 1. The number of rotatable bonds is 6. The third kappa shape index (κ3) is 5.90. The molecular formula is C18H22N2O3. The fourth-order valence-electron chi connectivity index (χ4n) is 2.07. The zero-order valence-corrected chi connectivity index (χ0v) is 13.4. The molecule has 2 amide bonds. The number of nitrogens with one attached hydrogen (secondary N) is 2. The van der Waals surface area contributed by atoms with Gasteiger partial charge in [-0.3, -0.25) is 0 Å². The van der Waals surface area contributed by atoms with Crippen molar-refractivity contribution >= 4 is 6.03 Å². The predicted molar refractivity (Wildman–Crippen MR) is 89.6 cm³/mol. The summed E-state index contributed by atoms with van der Waals surface area (Å²) in [4.78, 5) is 11.8. The first-order chi connectivity index (χ1) is 11.0. The van der Waals surface area contributed by atoms with E-state index in [-0.39, 0.29) is 11.8 Å². The zero-order valence-electron chi connectivity index (χ0n) is 13.4. The summed E-state index contributed by atoms with van der Waals surface area (Å²) in [6.07, 6.45) is 0.305. The largest absolute Gasteiger partial charge is 0.508 e. The van der Waals surface area contributed by atoms with E-state index in [0.29, 0.717) is 12.3 Å². The molecule has 2 aromatic carbocycles. The van der Waals surface area contributed by atoms with E-state index in [1.54, 1.807) is 19.1 Å². The van der Waals surface area contributed by atoms with Gasteiger partial charge in [-0.2, -0.15) is 0 Å². The van der Waals surface area contributed by atoms with E-state index >= 15 is 0 Å². The minimum absolute atomic E-state index is 0.173. The molecule has 23 heavy (non-hydrogen) atoms. The molecule has 0 aliphatic heterocycles. The van der Waals surface area contributed by atoms with Crippen LogP contribution >= 0.6 is 0 Å². The Morgan fingerprint density at radius 1 is 1.13 bits per heavy atom. The smallest absolute Gasteiger partial charge is 0.317 e. The summed E-state index contributed by atoms with van der Waals surface area (Å²) < 4.78 is 5.53. The highest BCUT2D eigenvalue weighted by atomic mass is 16.5. The third-order valence-corrected chi connectivity index (χ3v) is 3.30. The lowest BCUT2D eigenvalue weighted by Gasteiger charge is -2.16. The summed E-state index contributed by atoms with van der Waals surface area (Å²) in [6.45, 7) is 4.35. The average molecular weight is 314 g/mol. The van der Waals surface area contributed by atoms with Crippen LogP contribution < -0.4 is 15.4 Å². The van der Waals surface area contributed by atoms with Crippen LogP contribution in [0, 0.1) is 6.92 Å². The fourth-order valence-corrected chi connectivity index (χ4v) is 2.07. The van der Waals surface area contributed by atoms with E-state index in [1.165, 1.54) is 23.3 Å². The first-order valence-electron chi connectivity index (χ1n) is 7.58. The van der Waals surface area contributed by atoms with Gasteiger partial charge in [0.25, 0.3) is 0 Å². The molecule has 0 bridgehead atoms. The number of phenolic OH excluding ortho intramolecular Hbond substituents is 1. The van der Waals surface area contributed by atoms with Gasteiger partial charge in [0.05, 0.1) is 0 Å². The molecule has 0 radical (unpaired) electrons. The maximum Gasteiger partial charge on any atom is 0.317 e. The molecule has 1 atom stereocenters. The summed E-state index contributed by atoms with van der Waals surface area (Å²) >= 11 is 0. The second-order valence-electron chi connectivity index (χ2n) is 5.39. The summed E-state index contributed by atoms with van der Waals surface area (Å²) in [5.74, 6) is 0.752. The molecule has 2 rings (SSSR count). The third-order valence-electron chi connectivity index (χ3n) is 3.30. The monoisotopic (exact) mass is 314 g/mol. The highest BCUT2D eigenvalue weighted by molar-refractivity contribution is 5.74. The van der Waals surface area contributed by atoms with Gasteiger partial charge in [0, 0.05) is 6.54 Å². The lowest BCUT2D eigenvalue weighted by Crippen LogP contribution is -2.43. The second-order valence-corrected chi connectivity index (χ2v) is 5.39. The maximum absolute atomic E-state index is 11.8. The lowest BCUT2D eigenvalue weighted by molar-refractivity contribution is 0.177. The molecule has 5 nitrogen and oxygen atoms in total. The first-order valence-corrected chi connectivity index (χ1v) is 7.58. The summed E-state index contributed by atoms with van der Waals surface area (Å²) in [6, 6.07) is 14.3.